The summed E-state index contributed by atoms with van der Waals surface area (Å²) in [6.07, 6.45) is 0. The molecule has 0 radical (unpaired) electrons. The van der Waals surface area contributed by atoms with Gasteiger partial charge in [0.2, 0.25) is 0 Å². The summed E-state index contributed by atoms with van der Waals surface area (Å²) in [4.78, 5) is 0. The van der Waals surface area contributed by atoms with E-state index in [2.05, 4.69) is 5.32 Å². The lowest BCUT2D eigenvalue weighted by atomic mass is 10.2. The topological polar surface area (TPSA) is 12.0 Å². The van der Waals surface area contributed by atoms with Gasteiger partial charge in [-0.05, 0) is 30.3 Å². The molecule has 4 heteroatoms. The monoisotopic (exact) mass is 237 g/mol. The maximum absolute atomic E-state index is 13.3. The Labute approximate surface area is 96.9 Å². The quantitative estimate of drug-likeness (QED) is 0.857. The number of halogens is 3. The van der Waals surface area contributed by atoms with Crippen LogP contribution in [0.15, 0.2) is 42.5 Å². The maximum atomic E-state index is 13.3. The molecule has 0 spiro atoms. The van der Waals surface area contributed by atoms with E-state index in [1.807, 2.05) is 0 Å². The maximum Gasteiger partial charge on any atom is 0.163 e. The van der Waals surface area contributed by atoms with Crippen LogP contribution in [0.4, 0.5) is 18.9 Å². The van der Waals surface area contributed by atoms with Gasteiger partial charge in [-0.1, -0.05) is 12.1 Å². The van der Waals surface area contributed by atoms with Gasteiger partial charge in [-0.3, -0.25) is 0 Å². The number of nitrogens with one attached hydrogen (secondary N) is 1. The highest BCUT2D eigenvalue weighted by atomic mass is 19.2. The molecule has 0 fully saturated rings. The molecule has 2 rings (SSSR count). The molecule has 2 aromatic carbocycles. The van der Waals surface area contributed by atoms with Gasteiger partial charge in [-0.25, -0.2) is 13.2 Å². The SMILES string of the molecule is Fc1ccc(NCc2cccc(F)c2F)cc1. The molecule has 0 aliphatic rings. The first kappa shape index (κ1) is 11.5. The molecule has 0 bridgehead atoms. The van der Waals surface area contributed by atoms with Gasteiger partial charge in [0.05, 0.1) is 0 Å². The molecule has 0 amide bonds. The first-order valence-electron chi connectivity index (χ1n) is 5.09. The van der Waals surface area contributed by atoms with Crippen molar-refractivity contribution >= 4 is 5.69 Å². The van der Waals surface area contributed by atoms with E-state index in [1.54, 1.807) is 0 Å². The van der Waals surface area contributed by atoms with Gasteiger partial charge in [0.15, 0.2) is 11.6 Å². The van der Waals surface area contributed by atoms with Crippen molar-refractivity contribution in [3.05, 3.63) is 65.5 Å². The predicted octanol–water partition coefficient (Wildman–Crippen LogP) is 3.72. The van der Waals surface area contributed by atoms with Gasteiger partial charge in [0.25, 0.3) is 0 Å². The first-order chi connectivity index (χ1) is 8.16. The van der Waals surface area contributed by atoms with Crippen LogP contribution in [0.2, 0.25) is 0 Å². The zero-order chi connectivity index (χ0) is 12.3. The van der Waals surface area contributed by atoms with Crippen LogP contribution in [0.1, 0.15) is 5.56 Å². The molecule has 0 aromatic heterocycles. The van der Waals surface area contributed by atoms with Gasteiger partial charge in [0, 0.05) is 17.8 Å². The molecule has 0 atom stereocenters. The Morgan fingerprint density at radius 2 is 1.59 bits per heavy atom. The van der Waals surface area contributed by atoms with E-state index in [0.29, 0.717) is 5.69 Å². The summed E-state index contributed by atoms with van der Waals surface area (Å²) in [5, 5.41) is 2.88. The van der Waals surface area contributed by atoms with Gasteiger partial charge in [-0.15, -0.1) is 0 Å². The lowest BCUT2D eigenvalue weighted by Crippen LogP contribution is -2.03. The minimum Gasteiger partial charge on any atom is -0.381 e. The Hall–Kier alpha value is -1.97. The van der Waals surface area contributed by atoms with Gasteiger partial charge in [0.1, 0.15) is 5.82 Å². The fourth-order valence-corrected chi connectivity index (χ4v) is 1.45. The molecule has 0 unspecified atom stereocenters. The average Bonchev–Trinajstić information content (AvgIpc) is 2.33. The van der Waals surface area contributed by atoms with E-state index in [1.165, 1.54) is 36.4 Å². The van der Waals surface area contributed by atoms with E-state index in [4.69, 9.17) is 0 Å². The summed E-state index contributed by atoms with van der Waals surface area (Å²) in [5.74, 6) is -2.07. The Kier molecular flexibility index (Phi) is 3.32. The number of hydrogen-bond donors (Lipinski definition) is 1. The molecular formula is C13H10F3N. The van der Waals surface area contributed by atoms with E-state index >= 15 is 0 Å². The molecule has 2 aromatic rings. The average molecular weight is 237 g/mol. The number of hydrogen-bond acceptors (Lipinski definition) is 1. The van der Waals surface area contributed by atoms with Crippen LogP contribution < -0.4 is 5.32 Å². The highest BCUT2D eigenvalue weighted by molar-refractivity contribution is 5.43. The van der Waals surface area contributed by atoms with Gasteiger partial charge < -0.3 is 5.32 Å². The highest BCUT2D eigenvalue weighted by Gasteiger charge is 2.06. The van der Waals surface area contributed by atoms with E-state index in [0.717, 1.165) is 6.07 Å². The van der Waals surface area contributed by atoms with Crippen molar-refractivity contribution in [1.82, 2.24) is 0 Å². The molecule has 1 nitrogen and oxygen atoms in total. The normalized spacial score (nSPS) is 10.3. The van der Waals surface area contributed by atoms with Crippen molar-refractivity contribution in [3.8, 4) is 0 Å². The molecule has 0 saturated heterocycles. The molecular weight excluding hydrogens is 227 g/mol. The summed E-state index contributed by atoms with van der Waals surface area (Å²) in [6.45, 7) is 0.148. The minimum absolute atomic E-state index is 0.148. The molecule has 0 aliphatic carbocycles. The second-order valence-electron chi connectivity index (χ2n) is 3.57. The van der Waals surface area contributed by atoms with Crippen molar-refractivity contribution < 1.29 is 13.2 Å². The third kappa shape index (κ3) is 2.78. The Bertz CT molecular complexity index is 509. The van der Waals surface area contributed by atoms with Crippen molar-refractivity contribution in [3.63, 3.8) is 0 Å². The van der Waals surface area contributed by atoms with E-state index in [9.17, 15) is 13.2 Å². The fraction of sp³-hybridized carbons (Fsp3) is 0.0769. The van der Waals surface area contributed by atoms with Crippen LogP contribution in [0.5, 0.6) is 0 Å². The molecule has 0 heterocycles. The highest BCUT2D eigenvalue weighted by Crippen LogP contribution is 2.14. The molecule has 0 aliphatic heterocycles. The number of benzene rings is 2. The zero-order valence-corrected chi connectivity index (χ0v) is 8.88. The second kappa shape index (κ2) is 4.91. The summed E-state index contributed by atoms with van der Waals surface area (Å²) in [6, 6.07) is 9.67. The summed E-state index contributed by atoms with van der Waals surface area (Å²) >= 11 is 0. The predicted molar refractivity (Wildman–Crippen MR) is 60.1 cm³/mol. The largest absolute Gasteiger partial charge is 0.381 e. The van der Waals surface area contributed by atoms with E-state index < -0.39 is 11.6 Å². The van der Waals surface area contributed by atoms with Crippen molar-refractivity contribution in [2.75, 3.05) is 5.32 Å². The van der Waals surface area contributed by atoms with Crippen molar-refractivity contribution in [1.29, 1.82) is 0 Å². The Morgan fingerprint density at radius 1 is 0.882 bits per heavy atom. The van der Waals surface area contributed by atoms with E-state index in [-0.39, 0.29) is 17.9 Å². The zero-order valence-electron chi connectivity index (χ0n) is 8.88. The van der Waals surface area contributed by atoms with Gasteiger partial charge >= 0.3 is 0 Å². The summed E-state index contributed by atoms with van der Waals surface area (Å²) < 4.78 is 38.8. The minimum atomic E-state index is -0.872. The van der Waals surface area contributed by atoms with Crippen LogP contribution in [-0.2, 0) is 6.54 Å². The molecule has 0 saturated carbocycles. The third-order valence-electron chi connectivity index (χ3n) is 2.36. The van der Waals surface area contributed by atoms with Crippen LogP contribution in [0.25, 0.3) is 0 Å². The molecule has 1 N–H and O–H groups in total. The van der Waals surface area contributed by atoms with Crippen LogP contribution in [-0.4, -0.2) is 0 Å². The fourth-order valence-electron chi connectivity index (χ4n) is 1.45. The molecule has 17 heavy (non-hydrogen) atoms. The smallest absolute Gasteiger partial charge is 0.163 e. The number of rotatable bonds is 3. The van der Waals surface area contributed by atoms with Crippen LogP contribution in [0, 0.1) is 17.5 Å². The lowest BCUT2D eigenvalue weighted by Gasteiger charge is -2.07. The van der Waals surface area contributed by atoms with Crippen molar-refractivity contribution in [2.45, 2.75) is 6.54 Å². The Morgan fingerprint density at radius 3 is 2.29 bits per heavy atom. The summed E-state index contributed by atoms with van der Waals surface area (Å²) in [7, 11) is 0. The third-order valence-corrected chi connectivity index (χ3v) is 2.36. The summed E-state index contributed by atoms with van der Waals surface area (Å²) in [5.41, 5.74) is 0.879. The molecule has 88 valence electrons. The second-order valence-corrected chi connectivity index (χ2v) is 3.57. The Balaban J connectivity index is 2.07. The number of anilines is 1. The van der Waals surface area contributed by atoms with Crippen LogP contribution in [0.3, 0.4) is 0 Å². The standard InChI is InChI=1S/C13H10F3N/c14-10-4-6-11(7-5-10)17-8-9-2-1-3-12(15)13(9)16/h1-7,17H,8H2. The van der Waals surface area contributed by atoms with Crippen LogP contribution >= 0.6 is 0 Å². The van der Waals surface area contributed by atoms with Crippen molar-refractivity contribution in [2.24, 2.45) is 0 Å². The van der Waals surface area contributed by atoms with Gasteiger partial charge in [-0.2, -0.15) is 0 Å². The first-order valence-corrected chi connectivity index (χ1v) is 5.09. The lowest BCUT2D eigenvalue weighted by molar-refractivity contribution is 0.500.